The minimum absolute atomic E-state index is 0.0607. The van der Waals surface area contributed by atoms with Crippen molar-refractivity contribution in [2.24, 2.45) is 0 Å². The van der Waals surface area contributed by atoms with E-state index in [9.17, 15) is 4.79 Å². The number of carbonyl (C=O) groups excluding carboxylic acids is 1. The number of rotatable bonds is 7. The fraction of sp³-hybridized carbons (Fsp3) is 0.200. The molecule has 0 radical (unpaired) electrons. The average Bonchev–Trinajstić information content (AvgIpc) is 3.11. The zero-order valence-electron chi connectivity index (χ0n) is 14.7. The Morgan fingerprint density at radius 1 is 1.15 bits per heavy atom. The maximum atomic E-state index is 12.2. The van der Waals surface area contributed by atoms with Crippen LogP contribution in [-0.4, -0.2) is 23.8 Å². The molecule has 1 heterocycles. The Bertz CT molecular complexity index is 858. The molecular weight excluding hydrogens is 364 g/mol. The third kappa shape index (κ3) is 4.86. The second-order valence-electron chi connectivity index (χ2n) is 5.57. The summed E-state index contributed by atoms with van der Waals surface area (Å²) in [6, 6.07) is 15.8. The Morgan fingerprint density at radius 3 is 2.54 bits per heavy atom. The van der Waals surface area contributed by atoms with Gasteiger partial charge >= 0.3 is 0 Å². The van der Waals surface area contributed by atoms with Gasteiger partial charge in [0, 0.05) is 15.8 Å². The number of thiazole rings is 1. The van der Waals surface area contributed by atoms with Crippen LogP contribution in [0.4, 0.5) is 5.13 Å². The molecule has 0 spiro atoms. The number of ether oxygens (including phenoxy) is 1. The van der Waals surface area contributed by atoms with E-state index in [0.29, 0.717) is 18.2 Å². The quantitative estimate of drug-likeness (QED) is 0.575. The van der Waals surface area contributed by atoms with Crippen LogP contribution in [0.5, 0.6) is 5.75 Å². The lowest BCUT2D eigenvalue weighted by molar-refractivity contribution is -0.115. The van der Waals surface area contributed by atoms with E-state index in [0.717, 1.165) is 22.6 Å². The molecule has 0 bridgehead atoms. The van der Waals surface area contributed by atoms with E-state index in [4.69, 9.17) is 4.74 Å². The lowest BCUT2D eigenvalue weighted by Crippen LogP contribution is -2.14. The van der Waals surface area contributed by atoms with Crippen molar-refractivity contribution in [1.82, 2.24) is 4.98 Å². The number of aromatic nitrogens is 1. The Morgan fingerprint density at radius 2 is 1.88 bits per heavy atom. The standard InChI is InChI=1S/C20H20N2O2S2/c1-3-24-16-8-6-15(7-9-16)18-13-26-20(21-18)22-19(23)12-14-4-10-17(25-2)11-5-14/h4-11,13H,3,12H2,1-2H3,(H,21,22,23). The molecule has 3 aromatic rings. The van der Waals surface area contributed by atoms with Crippen LogP contribution in [0.15, 0.2) is 58.8 Å². The van der Waals surface area contributed by atoms with Crippen LogP contribution in [0.3, 0.4) is 0 Å². The molecule has 26 heavy (non-hydrogen) atoms. The third-order valence-electron chi connectivity index (χ3n) is 3.74. The highest BCUT2D eigenvalue weighted by Gasteiger charge is 2.09. The van der Waals surface area contributed by atoms with Gasteiger partial charge in [-0.2, -0.15) is 0 Å². The van der Waals surface area contributed by atoms with Gasteiger partial charge in [0.25, 0.3) is 0 Å². The van der Waals surface area contributed by atoms with E-state index in [1.54, 1.807) is 11.8 Å². The monoisotopic (exact) mass is 384 g/mol. The first-order valence-electron chi connectivity index (χ1n) is 8.29. The van der Waals surface area contributed by atoms with Gasteiger partial charge < -0.3 is 10.1 Å². The predicted octanol–water partition coefficient (Wildman–Crippen LogP) is 5.11. The number of carbonyl (C=O) groups is 1. The molecule has 0 saturated heterocycles. The van der Waals surface area contributed by atoms with E-state index in [2.05, 4.69) is 10.3 Å². The van der Waals surface area contributed by atoms with Gasteiger partial charge in [0.05, 0.1) is 18.7 Å². The van der Waals surface area contributed by atoms with Crippen molar-refractivity contribution in [3.05, 3.63) is 59.5 Å². The number of amides is 1. The van der Waals surface area contributed by atoms with Gasteiger partial charge in [0.15, 0.2) is 5.13 Å². The van der Waals surface area contributed by atoms with Crippen LogP contribution < -0.4 is 10.1 Å². The second-order valence-corrected chi connectivity index (χ2v) is 7.31. The minimum atomic E-state index is -0.0607. The highest BCUT2D eigenvalue weighted by molar-refractivity contribution is 7.98. The Labute approximate surface area is 161 Å². The predicted molar refractivity (Wildman–Crippen MR) is 109 cm³/mol. The summed E-state index contributed by atoms with van der Waals surface area (Å²) in [5.41, 5.74) is 2.83. The first-order chi connectivity index (χ1) is 12.7. The van der Waals surface area contributed by atoms with Crippen LogP contribution in [0, 0.1) is 0 Å². The fourth-order valence-electron chi connectivity index (χ4n) is 2.44. The molecule has 6 heteroatoms. The van der Waals surface area contributed by atoms with Crippen molar-refractivity contribution in [1.29, 1.82) is 0 Å². The molecule has 0 aliphatic carbocycles. The number of nitrogens with zero attached hydrogens (tertiary/aromatic N) is 1. The Balaban J connectivity index is 1.61. The molecule has 3 rings (SSSR count). The van der Waals surface area contributed by atoms with Gasteiger partial charge in [-0.1, -0.05) is 12.1 Å². The number of hydrogen-bond acceptors (Lipinski definition) is 5. The number of benzene rings is 2. The van der Waals surface area contributed by atoms with Crippen LogP contribution in [0.25, 0.3) is 11.3 Å². The van der Waals surface area contributed by atoms with Gasteiger partial charge in [-0.25, -0.2) is 4.98 Å². The minimum Gasteiger partial charge on any atom is -0.494 e. The first kappa shape index (κ1) is 18.5. The maximum absolute atomic E-state index is 12.2. The van der Waals surface area contributed by atoms with E-state index in [1.165, 1.54) is 16.2 Å². The number of hydrogen-bond donors (Lipinski definition) is 1. The molecule has 1 amide bonds. The van der Waals surface area contributed by atoms with Crippen LogP contribution in [0.2, 0.25) is 0 Å². The van der Waals surface area contributed by atoms with Crippen molar-refractivity contribution >= 4 is 34.1 Å². The average molecular weight is 385 g/mol. The molecule has 0 aliphatic heterocycles. The summed E-state index contributed by atoms with van der Waals surface area (Å²) in [6.45, 7) is 2.60. The van der Waals surface area contributed by atoms with Crippen molar-refractivity contribution in [2.45, 2.75) is 18.2 Å². The van der Waals surface area contributed by atoms with Crippen molar-refractivity contribution < 1.29 is 9.53 Å². The van der Waals surface area contributed by atoms with Gasteiger partial charge in [-0.05, 0) is 55.1 Å². The first-order valence-corrected chi connectivity index (χ1v) is 10.4. The summed E-state index contributed by atoms with van der Waals surface area (Å²) >= 11 is 3.11. The van der Waals surface area contributed by atoms with E-state index in [1.807, 2.05) is 67.1 Å². The zero-order valence-corrected chi connectivity index (χ0v) is 16.3. The van der Waals surface area contributed by atoms with E-state index < -0.39 is 0 Å². The van der Waals surface area contributed by atoms with Crippen LogP contribution >= 0.6 is 23.1 Å². The highest BCUT2D eigenvalue weighted by Crippen LogP contribution is 2.26. The molecular formula is C20H20N2O2S2. The summed E-state index contributed by atoms with van der Waals surface area (Å²) in [5.74, 6) is 0.780. The van der Waals surface area contributed by atoms with Crippen LogP contribution in [-0.2, 0) is 11.2 Å². The summed E-state index contributed by atoms with van der Waals surface area (Å²) in [5, 5.41) is 5.43. The van der Waals surface area contributed by atoms with Crippen molar-refractivity contribution in [2.75, 3.05) is 18.2 Å². The van der Waals surface area contributed by atoms with E-state index in [-0.39, 0.29) is 5.91 Å². The SMILES string of the molecule is CCOc1ccc(-c2csc(NC(=O)Cc3ccc(SC)cc3)n2)cc1. The summed E-state index contributed by atoms with van der Waals surface area (Å²) in [7, 11) is 0. The van der Waals surface area contributed by atoms with Gasteiger partial charge in [-0.3, -0.25) is 4.79 Å². The second kappa shape index (κ2) is 8.87. The summed E-state index contributed by atoms with van der Waals surface area (Å²) < 4.78 is 5.45. The molecule has 1 N–H and O–H groups in total. The summed E-state index contributed by atoms with van der Waals surface area (Å²) in [4.78, 5) is 17.9. The van der Waals surface area contributed by atoms with Crippen LogP contribution in [0.1, 0.15) is 12.5 Å². The Kier molecular flexibility index (Phi) is 6.30. The molecule has 2 aromatic carbocycles. The molecule has 0 aliphatic rings. The lowest BCUT2D eigenvalue weighted by Gasteiger charge is -2.04. The lowest BCUT2D eigenvalue weighted by atomic mass is 10.1. The molecule has 134 valence electrons. The van der Waals surface area contributed by atoms with Gasteiger partial charge in [-0.15, -0.1) is 23.1 Å². The molecule has 1 aromatic heterocycles. The molecule has 0 atom stereocenters. The van der Waals surface area contributed by atoms with Gasteiger partial charge in [0.1, 0.15) is 5.75 Å². The Hall–Kier alpha value is -2.31. The largest absolute Gasteiger partial charge is 0.494 e. The topological polar surface area (TPSA) is 51.2 Å². The smallest absolute Gasteiger partial charge is 0.230 e. The maximum Gasteiger partial charge on any atom is 0.230 e. The number of thioether (sulfide) groups is 1. The zero-order chi connectivity index (χ0) is 18.4. The fourth-order valence-corrected chi connectivity index (χ4v) is 3.59. The summed E-state index contributed by atoms with van der Waals surface area (Å²) in [6.07, 6.45) is 2.37. The van der Waals surface area contributed by atoms with E-state index >= 15 is 0 Å². The van der Waals surface area contributed by atoms with Crippen molar-refractivity contribution in [3.63, 3.8) is 0 Å². The highest BCUT2D eigenvalue weighted by atomic mass is 32.2. The molecule has 0 fully saturated rings. The number of anilines is 1. The molecule has 0 unspecified atom stereocenters. The molecule has 4 nitrogen and oxygen atoms in total. The third-order valence-corrected chi connectivity index (χ3v) is 5.24. The normalized spacial score (nSPS) is 10.5. The van der Waals surface area contributed by atoms with Crippen molar-refractivity contribution in [3.8, 4) is 17.0 Å². The van der Waals surface area contributed by atoms with Gasteiger partial charge in [0.2, 0.25) is 5.91 Å². The number of nitrogens with one attached hydrogen (secondary N) is 1. The molecule has 0 saturated carbocycles.